The lowest BCUT2D eigenvalue weighted by atomic mass is 10.3. The van der Waals surface area contributed by atoms with Crippen molar-refractivity contribution in [2.45, 2.75) is 19.0 Å². The monoisotopic (exact) mass is 194 g/mol. The number of aromatic nitrogens is 2. The Hall–Kier alpha value is -0.870. The first-order valence-corrected chi connectivity index (χ1v) is 5.14. The van der Waals surface area contributed by atoms with E-state index in [0.29, 0.717) is 6.04 Å². The summed E-state index contributed by atoms with van der Waals surface area (Å²) in [5.41, 5.74) is 1.29. The molecule has 4 heteroatoms. The minimum atomic E-state index is 0.670. The van der Waals surface area contributed by atoms with E-state index in [1.807, 2.05) is 26.6 Å². The van der Waals surface area contributed by atoms with E-state index in [9.17, 15) is 0 Å². The summed E-state index contributed by atoms with van der Waals surface area (Å²) in [4.78, 5) is 6.59. The molecule has 1 aliphatic rings. The molecular formula is C10H18N4. The van der Waals surface area contributed by atoms with Crippen LogP contribution in [0.3, 0.4) is 0 Å². The van der Waals surface area contributed by atoms with E-state index in [1.54, 1.807) is 0 Å². The summed E-state index contributed by atoms with van der Waals surface area (Å²) in [5, 5.41) is 3.32. The van der Waals surface area contributed by atoms with Crippen molar-refractivity contribution in [1.29, 1.82) is 0 Å². The van der Waals surface area contributed by atoms with Crippen molar-refractivity contribution in [3.63, 3.8) is 0 Å². The summed E-state index contributed by atoms with van der Waals surface area (Å²) in [6.07, 6.45) is 5.07. The quantitative estimate of drug-likeness (QED) is 0.747. The van der Waals surface area contributed by atoms with Gasteiger partial charge in [-0.3, -0.25) is 4.90 Å². The second kappa shape index (κ2) is 4.11. The minimum absolute atomic E-state index is 0.670. The maximum atomic E-state index is 4.12. The standard InChI is InChI=1S/C10H18N4/c1-11-9-3-4-14(6-9)7-10-5-12-8-13(10)2/h5,8-9,11H,3-4,6-7H2,1-2H3. The first-order chi connectivity index (χ1) is 6.79. The number of likely N-dealkylation sites (tertiary alicyclic amines) is 1. The van der Waals surface area contributed by atoms with Gasteiger partial charge in [-0.1, -0.05) is 0 Å². The van der Waals surface area contributed by atoms with Gasteiger partial charge in [-0.15, -0.1) is 0 Å². The van der Waals surface area contributed by atoms with E-state index in [1.165, 1.54) is 18.7 Å². The van der Waals surface area contributed by atoms with Gasteiger partial charge in [0.05, 0.1) is 12.0 Å². The first kappa shape index (κ1) is 9.68. The normalized spacial score (nSPS) is 23.1. The number of rotatable bonds is 3. The molecule has 1 atom stereocenters. The van der Waals surface area contributed by atoms with Gasteiger partial charge in [-0.05, 0) is 13.5 Å². The van der Waals surface area contributed by atoms with Gasteiger partial charge in [-0.25, -0.2) is 4.98 Å². The van der Waals surface area contributed by atoms with Crippen LogP contribution in [-0.4, -0.2) is 40.6 Å². The molecule has 0 spiro atoms. The van der Waals surface area contributed by atoms with Crippen LogP contribution in [0.4, 0.5) is 0 Å². The van der Waals surface area contributed by atoms with E-state index in [-0.39, 0.29) is 0 Å². The Bertz CT molecular complexity index is 294. The maximum absolute atomic E-state index is 4.12. The van der Waals surface area contributed by atoms with Crippen LogP contribution >= 0.6 is 0 Å². The maximum Gasteiger partial charge on any atom is 0.0945 e. The molecule has 0 aromatic carbocycles. The van der Waals surface area contributed by atoms with E-state index in [0.717, 1.165) is 13.1 Å². The van der Waals surface area contributed by atoms with Crippen LogP contribution < -0.4 is 5.32 Å². The van der Waals surface area contributed by atoms with E-state index in [4.69, 9.17) is 0 Å². The van der Waals surface area contributed by atoms with Crippen LogP contribution in [0.2, 0.25) is 0 Å². The average Bonchev–Trinajstić information content (AvgIpc) is 2.77. The largest absolute Gasteiger partial charge is 0.337 e. The Morgan fingerprint density at radius 2 is 2.50 bits per heavy atom. The molecule has 14 heavy (non-hydrogen) atoms. The highest BCUT2D eigenvalue weighted by atomic mass is 15.2. The number of likely N-dealkylation sites (N-methyl/N-ethyl adjacent to an activating group) is 1. The number of hydrogen-bond donors (Lipinski definition) is 1. The zero-order chi connectivity index (χ0) is 9.97. The summed E-state index contributed by atoms with van der Waals surface area (Å²) in [7, 11) is 4.09. The molecule has 0 radical (unpaired) electrons. The van der Waals surface area contributed by atoms with Gasteiger partial charge in [0.1, 0.15) is 0 Å². The van der Waals surface area contributed by atoms with E-state index < -0.39 is 0 Å². The summed E-state index contributed by atoms with van der Waals surface area (Å²) in [5.74, 6) is 0. The summed E-state index contributed by atoms with van der Waals surface area (Å²) < 4.78 is 2.09. The molecule has 0 aliphatic carbocycles. The smallest absolute Gasteiger partial charge is 0.0945 e. The van der Waals surface area contributed by atoms with Gasteiger partial charge in [0, 0.05) is 38.9 Å². The predicted molar refractivity (Wildman–Crippen MR) is 55.9 cm³/mol. The lowest BCUT2D eigenvalue weighted by molar-refractivity contribution is 0.315. The molecule has 1 aliphatic heterocycles. The molecule has 1 unspecified atom stereocenters. The second-order valence-electron chi connectivity index (χ2n) is 4.01. The Kier molecular flexibility index (Phi) is 2.84. The van der Waals surface area contributed by atoms with Crippen molar-refractivity contribution in [2.75, 3.05) is 20.1 Å². The third kappa shape index (κ3) is 1.96. The molecule has 2 heterocycles. The summed E-state index contributed by atoms with van der Waals surface area (Å²) >= 11 is 0. The van der Waals surface area contributed by atoms with Gasteiger partial charge in [0.2, 0.25) is 0 Å². The van der Waals surface area contributed by atoms with Gasteiger partial charge >= 0.3 is 0 Å². The fourth-order valence-electron chi connectivity index (χ4n) is 1.98. The van der Waals surface area contributed by atoms with Crippen molar-refractivity contribution < 1.29 is 0 Å². The number of imidazole rings is 1. The van der Waals surface area contributed by atoms with Gasteiger partial charge in [0.25, 0.3) is 0 Å². The minimum Gasteiger partial charge on any atom is -0.337 e. The van der Waals surface area contributed by atoms with Gasteiger partial charge in [-0.2, -0.15) is 0 Å². The van der Waals surface area contributed by atoms with E-state index in [2.05, 4.69) is 19.8 Å². The number of aryl methyl sites for hydroxylation is 1. The Balaban J connectivity index is 1.90. The van der Waals surface area contributed by atoms with Crippen molar-refractivity contribution in [2.24, 2.45) is 7.05 Å². The first-order valence-electron chi connectivity index (χ1n) is 5.14. The second-order valence-corrected chi connectivity index (χ2v) is 4.01. The topological polar surface area (TPSA) is 33.1 Å². The predicted octanol–water partition coefficient (Wildman–Crippen LogP) is 0.214. The van der Waals surface area contributed by atoms with Crippen molar-refractivity contribution in [3.05, 3.63) is 18.2 Å². The molecule has 2 rings (SSSR count). The van der Waals surface area contributed by atoms with Crippen LogP contribution in [0.1, 0.15) is 12.1 Å². The number of nitrogens with zero attached hydrogens (tertiary/aromatic N) is 3. The van der Waals surface area contributed by atoms with Crippen molar-refractivity contribution >= 4 is 0 Å². The zero-order valence-electron chi connectivity index (χ0n) is 8.90. The highest BCUT2D eigenvalue weighted by Gasteiger charge is 2.21. The highest BCUT2D eigenvalue weighted by molar-refractivity contribution is 4.98. The van der Waals surface area contributed by atoms with Crippen molar-refractivity contribution in [1.82, 2.24) is 19.8 Å². The van der Waals surface area contributed by atoms with Crippen LogP contribution in [0.5, 0.6) is 0 Å². The van der Waals surface area contributed by atoms with Crippen LogP contribution in [0.25, 0.3) is 0 Å². The molecule has 78 valence electrons. The van der Waals surface area contributed by atoms with E-state index >= 15 is 0 Å². The highest BCUT2D eigenvalue weighted by Crippen LogP contribution is 2.12. The molecule has 1 aromatic rings. The lowest BCUT2D eigenvalue weighted by Crippen LogP contribution is -2.29. The zero-order valence-corrected chi connectivity index (χ0v) is 8.90. The summed E-state index contributed by atoms with van der Waals surface area (Å²) in [6.45, 7) is 3.37. The van der Waals surface area contributed by atoms with Crippen LogP contribution in [0, 0.1) is 0 Å². The number of nitrogens with one attached hydrogen (secondary N) is 1. The van der Waals surface area contributed by atoms with Crippen LogP contribution in [0.15, 0.2) is 12.5 Å². The molecule has 4 nitrogen and oxygen atoms in total. The molecule has 0 bridgehead atoms. The SMILES string of the molecule is CNC1CCN(Cc2cncn2C)C1. The Morgan fingerprint density at radius 1 is 1.64 bits per heavy atom. The van der Waals surface area contributed by atoms with Gasteiger partial charge < -0.3 is 9.88 Å². The third-order valence-electron chi connectivity index (χ3n) is 2.98. The van der Waals surface area contributed by atoms with Crippen LogP contribution in [-0.2, 0) is 13.6 Å². The molecule has 0 amide bonds. The van der Waals surface area contributed by atoms with Gasteiger partial charge in [0.15, 0.2) is 0 Å². The molecule has 1 saturated heterocycles. The Morgan fingerprint density at radius 3 is 3.07 bits per heavy atom. The lowest BCUT2D eigenvalue weighted by Gasteiger charge is -2.15. The average molecular weight is 194 g/mol. The molecule has 1 aromatic heterocycles. The fourth-order valence-corrected chi connectivity index (χ4v) is 1.98. The molecule has 1 fully saturated rings. The molecule has 1 N–H and O–H groups in total. The molecular weight excluding hydrogens is 176 g/mol. The third-order valence-corrected chi connectivity index (χ3v) is 2.98. The summed E-state index contributed by atoms with van der Waals surface area (Å²) in [6, 6.07) is 0.670. The number of hydrogen-bond acceptors (Lipinski definition) is 3. The Labute approximate surface area is 84.9 Å². The van der Waals surface area contributed by atoms with Crippen molar-refractivity contribution in [3.8, 4) is 0 Å². The molecule has 0 saturated carbocycles. The fraction of sp³-hybridized carbons (Fsp3) is 0.700.